The molecule has 1 N–H and O–H groups in total. The molecule has 0 fully saturated rings. The van der Waals surface area contributed by atoms with E-state index in [0.717, 1.165) is 0 Å². The molecule has 5 heavy (non-hydrogen) atoms. The average Bonchev–Trinajstić information content (AvgIpc) is 1.38. The van der Waals surface area contributed by atoms with Crippen LogP contribution < -0.4 is 5.11 Å². The van der Waals surface area contributed by atoms with Crippen LogP contribution in [0.5, 0.6) is 0 Å². The van der Waals surface area contributed by atoms with Gasteiger partial charge < -0.3 is 10.8 Å². The van der Waals surface area contributed by atoms with E-state index in [1.165, 1.54) is 0 Å². The van der Waals surface area contributed by atoms with Crippen LogP contribution in [0.15, 0.2) is 12.4 Å². The van der Waals surface area contributed by atoms with E-state index in [2.05, 4.69) is 0 Å². The van der Waals surface area contributed by atoms with Crippen molar-refractivity contribution < 1.29 is 23.5 Å². The first-order valence-electron chi connectivity index (χ1n) is 1.27. The molecular formula is C2H3MnNO. The summed E-state index contributed by atoms with van der Waals surface area (Å²) in [5, 5.41) is 9.09. The minimum absolute atomic E-state index is 0. The Morgan fingerprint density at radius 2 is 2.20 bits per heavy atom. The molecule has 0 atom stereocenters. The van der Waals surface area contributed by atoms with Crippen molar-refractivity contribution in [1.29, 1.82) is 0 Å². The Morgan fingerprint density at radius 3 is 2.20 bits per heavy atom. The molecule has 1 radical (unpaired) electrons. The van der Waals surface area contributed by atoms with Crippen molar-refractivity contribution in [2.75, 3.05) is 0 Å². The summed E-state index contributed by atoms with van der Waals surface area (Å²) in [4.78, 5) is 0. The Bertz CT molecular complexity index is 51.5. The number of nitrogens with one attached hydrogen (secondary N) is 1. The average molecular weight is 114 g/mol. The molecule has 3 heteroatoms. The van der Waals surface area contributed by atoms with Gasteiger partial charge in [0, 0.05) is 1.37 Å². The molecule has 0 aliphatic carbocycles. The fraction of sp³-hybridized carbons (Fsp3) is 0. The first-order chi connectivity index (χ1) is 2.27. The third-order valence-corrected chi connectivity index (χ3v) is 0.0589. The fourth-order valence-electron chi connectivity index (χ4n) is 0. The van der Waals surface area contributed by atoms with E-state index >= 15 is 0 Å². The zero-order chi connectivity index (χ0) is 4.28. The third-order valence-electron chi connectivity index (χ3n) is 0.0589. The second-order valence-corrected chi connectivity index (χ2v) is 0.262. The zero-order valence-corrected chi connectivity index (χ0v) is 3.54. The largest absolute Gasteiger partial charge is 2.00 e. The van der Waals surface area contributed by atoms with Gasteiger partial charge in [-0.3, -0.25) is 0 Å². The number of hydrogen-bond donors (Lipinski definition) is 0. The summed E-state index contributed by atoms with van der Waals surface area (Å²) in [5.41, 5.74) is 6.04. The monoisotopic (exact) mass is 114 g/mol. The molecule has 0 aromatic heterocycles. The van der Waals surface area contributed by atoms with Gasteiger partial charge in [-0.15, -0.1) is 0 Å². The van der Waals surface area contributed by atoms with Crippen LogP contribution in [0.1, 0.15) is 1.37 Å². The Morgan fingerprint density at radius 1 is 2.00 bits per heavy atom. The smallest absolute Gasteiger partial charge is 0.879 e. The van der Waals surface area contributed by atoms with Crippen LogP contribution in [-0.2, 0) is 17.1 Å². The second kappa shape index (κ2) is 9.13. The Hall–Kier alpha value is -0.141. The van der Waals surface area contributed by atoms with E-state index in [0.29, 0.717) is 0 Å². The Balaban J connectivity index is 0. The molecule has 0 bridgehead atoms. The van der Waals surface area contributed by atoms with Gasteiger partial charge >= 0.3 is 17.1 Å². The topological polar surface area (TPSA) is 46.9 Å². The molecule has 0 aliphatic heterocycles. The summed E-state index contributed by atoms with van der Waals surface area (Å²) < 4.78 is 6.04. The van der Waals surface area contributed by atoms with Gasteiger partial charge in [0.1, 0.15) is 0 Å². The standard InChI is InChI=1S/C2H4NO.Mn/c3-1-2-4;/h1-4H;/q-1;+2/p-1/b2-1-;/i1T;. The molecule has 0 unspecified atom stereocenters. The summed E-state index contributed by atoms with van der Waals surface area (Å²) in [7, 11) is 0. The Kier molecular flexibility index (Phi) is 8.87. The molecule has 0 rings (SSSR count). The van der Waals surface area contributed by atoms with Crippen LogP contribution in [0.3, 0.4) is 0 Å². The normalized spacial score (nSPS) is 12.0. The van der Waals surface area contributed by atoms with Gasteiger partial charge in [0.2, 0.25) is 0 Å². The maximum absolute atomic E-state index is 9.09. The minimum Gasteiger partial charge on any atom is -0.879 e. The summed E-state index contributed by atoms with van der Waals surface area (Å²) in [6.07, 6.45) is -0.509. The molecule has 29 valence electrons. The zero-order valence-electron chi connectivity index (χ0n) is 3.36. The van der Waals surface area contributed by atoms with Crippen LogP contribution in [0.25, 0.3) is 5.73 Å². The molecule has 0 heterocycles. The van der Waals surface area contributed by atoms with Gasteiger partial charge in [0.15, 0.2) is 0 Å². The van der Waals surface area contributed by atoms with Crippen LogP contribution >= 0.6 is 0 Å². The van der Waals surface area contributed by atoms with Crippen molar-refractivity contribution in [2.24, 2.45) is 0 Å². The predicted octanol–water partition coefficient (Wildman–Crippen LogP) is -0.132. The van der Waals surface area contributed by atoms with E-state index in [4.69, 9.17) is 12.2 Å². The first kappa shape index (κ1) is 4.86. The molecule has 0 spiro atoms. The molecule has 2 nitrogen and oxygen atoms in total. The van der Waals surface area contributed by atoms with Gasteiger partial charge in [-0.05, 0) is 0 Å². The van der Waals surface area contributed by atoms with Crippen LogP contribution in [0.2, 0.25) is 0 Å². The number of rotatable bonds is 0. The van der Waals surface area contributed by atoms with Crippen LogP contribution in [0.4, 0.5) is 0 Å². The maximum Gasteiger partial charge on any atom is 2.00 e. The molecule has 0 amide bonds. The van der Waals surface area contributed by atoms with Gasteiger partial charge in [0.05, 0.1) is 0 Å². The summed E-state index contributed by atoms with van der Waals surface area (Å²) in [6.45, 7) is 0. The van der Waals surface area contributed by atoms with Crippen molar-refractivity contribution in [3.05, 3.63) is 18.2 Å². The predicted molar refractivity (Wildman–Crippen MR) is 13.5 cm³/mol. The molecule has 0 saturated carbocycles. The van der Waals surface area contributed by atoms with Gasteiger partial charge in [-0.1, -0.05) is 0 Å². The van der Waals surface area contributed by atoms with E-state index in [1.807, 2.05) is 0 Å². The van der Waals surface area contributed by atoms with E-state index < -0.39 is 6.18 Å². The van der Waals surface area contributed by atoms with Crippen molar-refractivity contribution >= 4 is 0 Å². The van der Waals surface area contributed by atoms with Crippen LogP contribution in [-0.4, -0.2) is 0 Å². The maximum atomic E-state index is 9.09. The number of hydrogen-bond acceptors (Lipinski definition) is 1. The minimum atomic E-state index is -0.676. The molecule has 0 aromatic rings. The van der Waals surface area contributed by atoms with Crippen molar-refractivity contribution in [2.45, 2.75) is 0 Å². The van der Waals surface area contributed by atoms with Crippen molar-refractivity contribution in [3.63, 3.8) is 0 Å². The fourth-order valence-corrected chi connectivity index (χ4v) is 0. The van der Waals surface area contributed by atoms with Crippen molar-refractivity contribution in [3.8, 4) is 0 Å². The third kappa shape index (κ3) is 18.1. The first-order valence-corrected chi connectivity index (χ1v) is 0.774. The Labute approximate surface area is 42.5 Å². The summed E-state index contributed by atoms with van der Waals surface area (Å²) in [5.74, 6) is 0. The van der Waals surface area contributed by atoms with E-state index in [-0.39, 0.29) is 23.3 Å². The van der Waals surface area contributed by atoms with Gasteiger partial charge in [-0.2, -0.15) is 12.4 Å². The molecule has 0 aliphatic rings. The second-order valence-electron chi connectivity index (χ2n) is 0.262. The van der Waals surface area contributed by atoms with Gasteiger partial charge in [0.25, 0.3) is 0 Å². The van der Waals surface area contributed by atoms with E-state index in [1.54, 1.807) is 0 Å². The molecule has 0 aromatic carbocycles. The summed E-state index contributed by atoms with van der Waals surface area (Å²) in [6, 6.07) is 0. The summed E-state index contributed by atoms with van der Waals surface area (Å²) >= 11 is 0. The SMILES string of the molecule is [3H]/C([NH-])=C/[O-].[Mn+2]. The van der Waals surface area contributed by atoms with Gasteiger partial charge in [-0.25, -0.2) is 0 Å². The quantitative estimate of drug-likeness (QED) is 0.319. The molecule has 0 saturated heterocycles. The van der Waals surface area contributed by atoms with Crippen LogP contribution in [0, 0.1) is 0 Å². The molecular weight excluding hydrogens is 109 g/mol. The van der Waals surface area contributed by atoms with Crippen molar-refractivity contribution in [1.82, 2.24) is 0 Å². The van der Waals surface area contributed by atoms with E-state index in [9.17, 15) is 0 Å².